The molecule has 0 saturated carbocycles. The lowest BCUT2D eigenvalue weighted by Gasteiger charge is -2.35. The number of rotatable bonds is 5. The number of anilines is 3. The van der Waals surface area contributed by atoms with Crippen LogP contribution in [-0.4, -0.2) is 50.4 Å². The van der Waals surface area contributed by atoms with Gasteiger partial charge in [-0.05, 0) is 32.8 Å². The van der Waals surface area contributed by atoms with E-state index in [0.717, 1.165) is 42.0 Å². The molecule has 4 heterocycles. The van der Waals surface area contributed by atoms with Crippen molar-refractivity contribution in [2.24, 2.45) is 0 Å². The van der Waals surface area contributed by atoms with Crippen LogP contribution in [0.3, 0.4) is 0 Å². The lowest BCUT2D eigenvalue weighted by molar-refractivity contribution is 0.375. The quantitative estimate of drug-likeness (QED) is 0.653. The van der Waals surface area contributed by atoms with Crippen molar-refractivity contribution in [3.8, 4) is 0 Å². The summed E-state index contributed by atoms with van der Waals surface area (Å²) < 4.78 is 1.87. The second-order valence-electron chi connectivity index (χ2n) is 6.97. The lowest BCUT2D eigenvalue weighted by atomic mass is 10.0. The van der Waals surface area contributed by atoms with E-state index < -0.39 is 0 Å². The zero-order chi connectivity index (χ0) is 18.1. The molecule has 3 aromatic heterocycles. The van der Waals surface area contributed by atoms with Crippen LogP contribution in [0, 0.1) is 0 Å². The maximum absolute atomic E-state index is 4.82. The van der Waals surface area contributed by atoms with E-state index in [2.05, 4.69) is 51.5 Å². The zero-order valence-corrected chi connectivity index (χ0v) is 15.5. The summed E-state index contributed by atoms with van der Waals surface area (Å²) in [5, 5.41) is 12.2. The van der Waals surface area contributed by atoms with Crippen LogP contribution in [-0.2, 0) is 6.54 Å². The van der Waals surface area contributed by atoms with Crippen molar-refractivity contribution in [2.75, 3.05) is 23.8 Å². The first-order valence-corrected chi connectivity index (χ1v) is 9.25. The van der Waals surface area contributed by atoms with Crippen LogP contribution in [0.2, 0.25) is 0 Å². The number of nitrogens with zero attached hydrogens (tertiary/aromatic N) is 5. The molecule has 138 valence electrons. The minimum Gasteiger partial charge on any atom is -0.355 e. The SMILES string of the molecule is CCn1cc(Nc2nc(N(C)[C@@H]3CC[C@H](C)NC3)c3cc[nH]c3n2)cn1. The largest absolute Gasteiger partial charge is 0.355 e. The van der Waals surface area contributed by atoms with E-state index in [-0.39, 0.29) is 0 Å². The van der Waals surface area contributed by atoms with Gasteiger partial charge in [0.2, 0.25) is 5.95 Å². The van der Waals surface area contributed by atoms with Crippen LogP contribution < -0.4 is 15.5 Å². The maximum atomic E-state index is 4.82. The molecule has 8 nitrogen and oxygen atoms in total. The van der Waals surface area contributed by atoms with Crippen molar-refractivity contribution in [3.63, 3.8) is 0 Å². The van der Waals surface area contributed by atoms with Gasteiger partial charge in [0.15, 0.2) is 0 Å². The Morgan fingerprint density at radius 2 is 2.23 bits per heavy atom. The monoisotopic (exact) mass is 354 g/mol. The van der Waals surface area contributed by atoms with E-state index >= 15 is 0 Å². The molecular formula is C18H26N8. The number of piperidine rings is 1. The highest BCUT2D eigenvalue weighted by Gasteiger charge is 2.24. The predicted molar refractivity (Wildman–Crippen MR) is 104 cm³/mol. The summed E-state index contributed by atoms with van der Waals surface area (Å²) >= 11 is 0. The first kappa shape index (κ1) is 16.8. The molecule has 0 aromatic carbocycles. The smallest absolute Gasteiger partial charge is 0.231 e. The van der Waals surface area contributed by atoms with Crippen LogP contribution in [0.1, 0.15) is 26.7 Å². The van der Waals surface area contributed by atoms with Crippen molar-refractivity contribution in [1.29, 1.82) is 0 Å². The van der Waals surface area contributed by atoms with Crippen LogP contribution in [0.15, 0.2) is 24.7 Å². The first-order chi connectivity index (χ1) is 12.6. The molecule has 3 aromatic rings. The van der Waals surface area contributed by atoms with Crippen LogP contribution in [0.4, 0.5) is 17.5 Å². The molecule has 4 rings (SSSR count). The molecule has 0 bridgehead atoms. The number of aromatic amines is 1. The van der Waals surface area contributed by atoms with E-state index in [1.807, 2.05) is 23.1 Å². The molecule has 8 heteroatoms. The summed E-state index contributed by atoms with van der Waals surface area (Å²) in [7, 11) is 2.12. The van der Waals surface area contributed by atoms with Gasteiger partial charge in [-0.25, -0.2) is 0 Å². The second-order valence-corrected chi connectivity index (χ2v) is 6.97. The molecule has 2 atom stereocenters. The van der Waals surface area contributed by atoms with Crippen molar-refractivity contribution in [1.82, 2.24) is 30.0 Å². The van der Waals surface area contributed by atoms with Crippen molar-refractivity contribution >= 4 is 28.5 Å². The molecular weight excluding hydrogens is 328 g/mol. The van der Waals surface area contributed by atoms with Crippen molar-refractivity contribution in [2.45, 2.75) is 45.3 Å². The van der Waals surface area contributed by atoms with Gasteiger partial charge < -0.3 is 20.5 Å². The first-order valence-electron chi connectivity index (χ1n) is 9.25. The molecule has 1 aliphatic heterocycles. The van der Waals surface area contributed by atoms with E-state index in [1.54, 1.807) is 6.20 Å². The minimum absolute atomic E-state index is 0.426. The average Bonchev–Trinajstić information content (AvgIpc) is 3.30. The molecule has 1 fully saturated rings. The second kappa shape index (κ2) is 6.95. The summed E-state index contributed by atoms with van der Waals surface area (Å²) in [4.78, 5) is 14.9. The number of H-pyrrole nitrogens is 1. The van der Waals surface area contributed by atoms with Gasteiger partial charge in [-0.15, -0.1) is 0 Å². The van der Waals surface area contributed by atoms with Gasteiger partial charge >= 0.3 is 0 Å². The highest BCUT2D eigenvalue weighted by atomic mass is 15.3. The van der Waals surface area contributed by atoms with Crippen LogP contribution in [0.25, 0.3) is 11.0 Å². The minimum atomic E-state index is 0.426. The number of hydrogen-bond donors (Lipinski definition) is 3. The number of fused-ring (bicyclic) bond motifs is 1. The van der Waals surface area contributed by atoms with Crippen LogP contribution >= 0.6 is 0 Å². The molecule has 3 N–H and O–H groups in total. The molecule has 26 heavy (non-hydrogen) atoms. The maximum Gasteiger partial charge on any atom is 0.231 e. The topological polar surface area (TPSA) is 86.7 Å². The molecule has 0 amide bonds. The van der Waals surface area contributed by atoms with Gasteiger partial charge in [0.25, 0.3) is 0 Å². The number of nitrogens with one attached hydrogen (secondary N) is 3. The normalized spacial score (nSPS) is 20.4. The summed E-state index contributed by atoms with van der Waals surface area (Å²) in [6.07, 6.45) is 8.00. The Bertz CT molecular complexity index is 874. The number of aryl methyl sites for hydroxylation is 1. The summed E-state index contributed by atoms with van der Waals surface area (Å²) in [6.45, 7) is 6.10. The van der Waals surface area contributed by atoms with Crippen molar-refractivity contribution in [3.05, 3.63) is 24.7 Å². The molecule has 0 spiro atoms. The Morgan fingerprint density at radius 3 is 2.96 bits per heavy atom. The molecule has 1 aliphatic rings. The number of likely N-dealkylation sites (N-methyl/N-ethyl adjacent to an activating group) is 1. The average molecular weight is 354 g/mol. The predicted octanol–water partition coefficient (Wildman–Crippen LogP) is 2.49. The van der Waals surface area contributed by atoms with E-state index in [9.17, 15) is 0 Å². The van der Waals surface area contributed by atoms with Gasteiger partial charge in [0.05, 0.1) is 17.3 Å². The fourth-order valence-electron chi connectivity index (χ4n) is 3.47. The summed E-state index contributed by atoms with van der Waals surface area (Å²) in [5.74, 6) is 1.53. The summed E-state index contributed by atoms with van der Waals surface area (Å²) in [6, 6.07) is 3.05. The van der Waals surface area contributed by atoms with Crippen molar-refractivity contribution < 1.29 is 0 Å². The Morgan fingerprint density at radius 1 is 1.35 bits per heavy atom. The van der Waals surface area contributed by atoms with Gasteiger partial charge in [0, 0.05) is 44.6 Å². The highest BCUT2D eigenvalue weighted by molar-refractivity contribution is 5.89. The van der Waals surface area contributed by atoms with Gasteiger partial charge in [-0.3, -0.25) is 4.68 Å². The summed E-state index contributed by atoms with van der Waals surface area (Å²) in [5.41, 5.74) is 1.73. The Balaban J connectivity index is 1.63. The lowest BCUT2D eigenvalue weighted by Crippen LogP contribution is -2.48. The van der Waals surface area contributed by atoms with Gasteiger partial charge in [-0.2, -0.15) is 15.1 Å². The van der Waals surface area contributed by atoms with E-state index in [0.29, 0.717) is 18.0 Å². The fraction of sp³-hybridized carbons (Fsp3) is 0.500. The van der Waals surface area contributed by atoms with Gasteiger partial charge in [-0.1, -0.05) is 0 Å². The highest BCUT2D eigenvalue weighted by Crippen LogP contribution is 2.28. The third kappa shape index (κ3) is 3.24. The molecule has 0 unspecified atom stereocenters. The molecule has 0 radical (unpaired) electrons. The number of aromatic nitrogens is 5. The fourth-order valence-corrected chi connectivity index (χ4v) is 3.47. The third-order valence-corrected chi connectivity index (χ3v) is 5.13. The third-order valence-electron chi connectivity index (χ3n) is 5.13. The van der Waals surface area contributed by atoms with Crippen LogP contribution in [0.5, 0.6) is 0 Å². The molecule has 1 saturated heterocycles. The Kier molecular flexibility index (Phi) is 4.50. The Labute approximate surface area is 153 Å². The van der Waals surface area contributed by atoms with E-state index in [1.165, 1.54) is 6.42 Å². The van der Waals surface area contributed by atoms with Gasteiger partial charge in [0.1, 0.15) is 11.5 Å². The molecule has 0 aliphatic carbocycles. The number of hydrogen-bond acceptors (Lipinski definition) is 6. The van der Waals surface area contributed by atoms with E-state index in [4.69, 9.17) is 4.98 Å². The Hall–Kier alpha value is -2.61. The zero-order valence-electron chi connectivity index (χ0n) is 15.5. The standard InChI is InChI=1S/C18H26N8/c1-4-26-11-13(9-21-26)22-18-23-16-15(7-8-19-16)17(24-18)25(3)14-6-5-12(2)20-10-14/h7-9,11-12,14,20H,4-6,10H2,1-3H3,(H2,19,22,23,24)/t12-,14+/m0/s1.